The Morgan fingerprint density at radius 3 is 2.65 bits per heavy atom. The van der Waals surface area contributed by atoms with E-state index in [1.807, 2.05) is 6.07 Å². The lowest BCUT2D eigenvalue weighted by atomic mass is 10.1. The number of nitrogens with zero attached hydrogens (tertiary/aromatic N) is 4. The van der Waals surface area contributed by atoms with E-state index in [1.54, 1.807) is 17.9 Å². The van der Waals surface area contributed by atoms with Crippen molar-refractivity contribution >= 4 is 5.91 Å². The molecule has 1 fully saturated rings. The minimum Gasteiger partial charge on any atom is -0.493 e. The Labute approximate surface area is 195 Å². The summed E-state index contributed by atoms with van der Waals surface area (Å²) in [6.45, 7) is 5.93. The first-order chi connectivity index (χ1) is 16.3. The van der Waals surface area contributed by atoms with Crippen LogP contribution >= 0.6 is 0 Å². The highest BCUT2D eigenvalue weighted by Gasteiger charge is 2.31. The Bertz CT molecular complexity index is 1210. The van der Waals surface area contributed by atoms with Crippen molar-refractivity contribution < 1.29 is 22.7 Å². The van der Waals surface area contributed by atoms with Crippen LogP contribution in [0.4, 0.5) is 13.2 Å². The third-order valence-electron chi connectivity index (χ3n) is 6.48. The van der Waals surface area contributed by atoms with E-state index in [4.69, 9.17) is 4.74 Å². The van der Waals surface area contributed by atoms with Gasteiger partial charge in [-0.3, -0.25) is 9.69 Å². The minimum atomic E-state index is -4.44. The molecule has 0 N–H and O–H groups in total. The van der Waals surface area contributed by atoms with Gasteiger partial charge in [0.1, 0.15) is 5.75 Å². The van der Waals surface area contributed by atoms with Crippen molar-refractivity contribution in [3.63, 3.8) is 0 Å². The van der Waals surface area contributed by atoms with Gasteiger partial charge >= 0.3 is 6.18 Å². The zero-order valence-corrected chi connectivity index (χ0v) is 18.8. The summed E-state index contributed by atoms with van der Waals surface area (Å²) in [6, 6.07) is 11.3. The molecule has 1 aromatic heterocycles. The first kappa shape index (κ1) is 22.5. The van der Waals surface area contributed by atoms with Crippen molar-refractivity contribution in [1.29, 1.82) is 0 Å². The van der Waals surface area contributed by atoms with Crippen LogP contribution in [0.25, 0.3) is 5.69 Å². The van der Waals surface area contributed by atoms with Crippen molar-refractivity contribution in [3.05, 3.63) is 76.6 Å². The molecule has 0 aliphatic carbocycles. The van der Waals surface area contributed by atoms with Crippen molar-refractivity contribution in [3.8, 4) is 11.4 Å². The summed E-state index contributed by atoms with van der Waals surface area (Å²) in [5.41, 5.74) is 2.94. The van der Waals surface area contributed by atoms with Crippen molar-refractivity contribution in [2.24, 2.45) is 0 Å². The number of piperazine rings is 1. The molecular formula is C25H25F3N4O2. The number of carbonyl (C=O) groups excluding carboxylic acids is 1. The van der Waals surface area contributed by atoms with Gasteiger partial charge in [-0.2, -0.15) is 18.3 Å². The highest BCUT2D eigenvalue weighted by Crippen LogP contribution is 2.31. The van der Waals surface area contributed by atoms with Crippen LogP contribution in [0.15, 0.2) is 48.7 Å². The van der Waals surface area contributed by atoms with Gasteiger partial charge in [0.05, 0.1) is 35.3 Å². The van der Waals surface area contributed by atoms with Gasteiger partial charge in [-0.1, -0.05) is 18.2 Å². The molecule has 6 nitrogen and oxygen atoms in total. The Morgan fingerprint density at radius 1 is 1.09 bits per heavy atom. The van der Waals surface area contributed by atoms with Crippen LogP contribution in [0.3, 0.4) is 0 Å². The van der Waals surface area contributed by atoms with Crippen LogP contribution in [0.1, 0.15) is 32.7 Å². The summed E-state index contributed by atoms with van der Waals surface area (Å²) in [5.74, 6) is 0.824. The number of benzene rings is 2. The van der Waals surface area contributed by atoms with Crippen LogP contribution in [0.5, 0.6) is 5.75 Å². The molecule has 0 unspecified atom stereocenters. The minimum absolute atomic E-state index is 0.148. The van der Waals surface area contributed by atoms with Gasteiger partial charge < -0.3 is 9.64 Å². The first-order valence-corrected chi connectivity index (χ1v) is 11.3. The van der Waals surface area contributed by atoms with E-state index in [-0.39, 0.29) is 11.6 Å². The lowest BCUT2D eigenvalue weighted by Gasteiger charge is -2.34. The van der Waals surface area contributed by atoms with E-state index in [9.17, 15) is 18.0 Å². The number of aromatic nitrogens is 2. The SMILES string of the molecule is Cc1c(C(=O)N2CCN(Cc3ccc4c(c3)CCO4)CC2)cnn1-c1cccc(C(F)(F)F)c1. The Morgan fingerprint density at radius 2 is 1.88 bits per heavy atom. The molecule has 178 valence electrons. The summed E-state index contributed by atoms with van der Waals surface area (Å²) in [5, 5.41) is 4.21. The van der Waals surface area contributed by atoms with Crippen LogP contribution in [0.2, 0.25) is 0 Å². The number of carbonyl (C=O) groups is 1. The van der Waals surface area contributed by atoms with Gasteiger partial charge in [0.15, 0.2) is 0 Å². The van der Waals surface area contributed by atoms with E-state index >= 15 is 0 Å². The molecule has 5 rings (SSSR count). The fraction of sp³-hybridized carbons (Fsp3) is 0.360. The Hall–Kier alpha value is -3.33. The van der Waals surface area contributed by atoms with Crippen molar-refractivity contribution in [2.75, 3.05) is 32.8 Å². The number of amides is 1. The number of ether oxygens (including phenoxy) is 1. The third kappa shape index (κ3) is 4.40. The fourth-order valence-electron chi connectivity index (χ4n) is 4.57. The predicted octanol–water partition coefficient (Wildman–Crippen LogP) is 4.09. The molecule has 0 bridgehead atoms. The monoisotopic (exact) mass is 470 g/mol. The maximum absolute atomic E-state index is 13.1. The highest BCUT2D eigenvalue weighted by molar-refractivity contribution is 5.95. The maximum Gasteiger partial charge on any atom is 0.416 e. The number of hydrogen-bond donors (Lipinski definition) is 0. The standard InChI is InChI=1S/C25H25F3N4O2/c1-17-22(15-29-32(17)21-4-2-3-20(14-21)25(26,27)28)24(33)31-10-8-30(9-11-31)16-18-5-6-23-19(13-18)7-12-34-23/h2-6,13-15H,7-12,16H2,1H3. The van der Waals surface area contributed by atoms with Gasteiger partial charge in [-0.15, -0.1) is 0 Å². The third-order valence-corrected chi connectivity index (χ3v) is 6.48. The molecule has 3 heterocycles. The van der Waals surface area contributed by atoms with Crippen molar-refractivity contribution in [1.82, 2.24) is 19.6 Å². The molecule has 0 atom stereocenters. The fourth-order valence-corrected chi connectivity index (χ4v) is 4.57. The Balaban J connectivity index is 1.24. The topological polar surface area (TPSA) is 50.6 Å². The molecule has 2 aromatic carbocycles. The average molecular weight is 470 g/mol. The molecule has 2 aliphatic rings. The number of fused-ring (bicyclic) bond motifs is 1. The molecule has 9 heteroatoms. The number of rotatable bonds is 4. The summed E-state index contributed by atoms with van der Waals surface area (Å²) in [7, 11) is 0. The van der Waals surface area contributed by atoms with Gasteiger partial charge in [0.25, 0.3) is 5.91 Å². The zero-order valence-electron chi connectivity index (χ0n) is 18.8. The van der Waals surface area contributed by atoms with Crippen LogP contribution in [-0.4, -0.2) is 58.3 Å². The lowest BCUT2D eigenvalue weighted by molar-refractivity contribution is -0.137. The van der Waals surface area contributed by atoms with Crippen LogP contribution in [0, 0.1) is 6.92 Å². The van der Waals surface area contributed by atoms with Crippen LogP contribution < -0.4 is 4.74 Å². The molecule has 3 aromatic rings. The highest BCUT2D eigenvalue weighted by atomic mass is 19.4. The maximum atomic E-state index is 13.1. The van der Waals surface area contributed by atoms with E-state index in [2.05, 4.69) is 22.1 Å². The number of halogens is 3. The Kier molecular flexibility index (Phi) is 5.81. The van der Waals surface area contributed by atoms with Gasteiger partial charge in [0.2, 0.25) is 0 Å². The van der Waals surface area contributed by atoms with Gasteiger partial charge in [0, 0.05) is 39.1 Å². The second kappa shape index (κ2) is 8.79. The second-order valence-corrected chi connectivity index (χ2v) is 8.71. The predicted molar refractivity (Wildman–Crippen MR) is 120 cm³/mol. The van der Waals surface area contributed by atoms with Gasteiger partial charge in [-0.05, 0) is 42.3 Å². The van der Waals surface area contributed by atoms with E-state index in [1.165, 1.54) is 28.1 Å². The number of hydrogen-bond acceptors (Lipinski definition) is 4. The molecule has 1 saturated heterocycles. The largest absolute Gasteiger partial charge is 0.493 e. The summed E-state index contributed by atoms with van der Waals surface area (Å²) >= 11 is 0. The second-order valence-electron chi connectivity index (χ2n) is 8.71. The molecule has 34 heavy (non-hydrogen) atoms. The first-order valence-electron chi connectivity index (χ1n) is 11.3. The van der Waals surface area contributed by atoms with E-state index in [0.29, 0.717) is 24.3 Å². The van der Waals surface area contributed by atoms with Crippen molar-refractivity contribution in [2.45, 2.75) is 26.1 Å². The van der Waals surface area contributed by atoms with E-state index < -0.39 is 11.7 Å². The summed E-state index contributed by atoms with van der Waals surface area (Å²) < 4.78 is 46.2. The molecule has 0 spiro atoms. The van der Waals surface area contributed by atoms with Crippen LogP contribution in [-0.2, 0) is 19.1 Å². The zero-order chi connectivity index (χ0) is 23.9. The summed E-state index contributed by atoms with van der Waals surface area (Å²) in [6.07, 6.45) is -2.06. The number of alkyl halides is 3. The summed E-state index contributed by atoms with van der Waals surface area (Å²) in [4.78, 5) is 17.2. The molecule has 0 saturated carbocycles. The molecule has 1 amide bonds. The van der Waals surface area contributed by atoms with E-state index in [0.717, 1.165) is 50.5 Å². The lowest BCUT2D eigenvalue weighted by Crippen LogP contribution is -2.48. The average Bonchev–Trinajstić information content (AvgIpc) is 3.45. The normalized spacial score (nSPS) is 16.4. The molecule has 2 aliphatic heterocycles. The smallest absolute Gasteiger partial charge is 0.416 e. The quantitative estimate of drug-likeness (QED) is 0.577. The molecule has 0 radical (unpaired) electrons. The molecular weight excluding hydrogens is 445 g/mol. The van der Waals surface area contributed by atoms with Gasteiger partial charge in [-0.25, -0.2) is 4.68 Å².